The van der Waals surface area contributed by atoms with Crippen LogP contribution in [0.5, 0.6) is 0 Å². The van der Waals surface area contributed by atoms with E-state index in [-0.39, 0.29) is 11.0 Å². The van der Waals surface area contributed by atoms with Crippen molar-refractivity contribution in [2.24, 2.45) is 0 Å². The molecule has 2 aromatic rings. The van der Waals surface area contributed by atoms with Crippen LogP contribution in [0.25, 0.3) is 0 Å². The quantitative estimate of drug-likeness (QED) is 0.612. The van der Waals surface area contributed by atoms with Gasteiger partial charge in [0, 0.05) is 9.92 Å². The molecule has 0 saturated carbocycles. The van der Waals surface area contributed by atoms with Crippen molar-refractivity contribution >= 4 is 29.3 Å². The summed E-state index contributed by atoms with van der Waals surface area (Å²) in [7, 11) is 1.33. The van der Waals surface area contributed by atoms with Crippen LogP contribution in [0.4, 0.5) is 0 Å². The molecule has 3 nitrogen and oxygen atoms in total. The zero-order valence-electron chi connectivity index (χ0n) is 10.6. The van der Waals surface area contributed by atoms with Crippen LogP contribution in [-0.4, -0.2) is 13.1 Å². The van der Waals surface area contributed by atoms with Crippen LogP contribution in [0, 0.1) is 0 Å². The number of rotatable bonds is 4. The van der Waals surface area contributed by atoms with Gasteiger partial charge in [-0.2, -0.15) is 0 Å². The maximum Gasteiger partial charge on any atom is 0.373 e. The van der Waals surface area contributed by atoms with E-state index in [0.29, 0.717) is 5.02 Å². The summed E-state index contributed by atoms with van der Waals surface area (Å²) in [6.07, 6.45) is 0. The lowest BCUT2D eigenvalue weighted by molar-refractivity contribution is 0.0563. The molecular formula is C14H13ClO3S. The van der Waals surface area contributed by atoms with Crippen LogP contribution in [0.3, 0.4) is 0 Å². The van der Waals surface area contributed by atoms with Crippen LogP contribution >= 0.6 is 23.4 Å². The predicted molar refractivity (Wildman–Crippen MR) is 75.8 cm³/mol. The fourth-order valence-corrected chi connectivity index (χ4v) is 2.84. The first-order valence-electron chi connectivity index (χ1n) is 5.70. The highest BCUT2D eigenvalue weighted by Gasteiger charge is 2.16. The molecule has 1 heterocycles. The molecule has 0 aliphatic heterocycles. The van der Waals surface area contributed by atoms with Gasteiger partial charge in [-0.05, 0) is 37.3 Å². The third kappa shape index (κ3) is 3.55. The zero-order valence-corrected chi connectivity index (χ0v) is 12.1. The second-order valence-electron chi connectivity index (χ2n) is 3.91. The first kappa shape index (κ1) is 14.0. The van der Waals surface area contributed by atoms with Gasteiger partial charge in [0.15, 0.2) is 0 Å². The first-order chi connectivity index (χ1) is 9.10. The van der Waals surface area contributed by atoms with Gasteiger partial charge in [-0.3, -0.25) is 0 Å². The number of thioether (sulfide) groups is 1. The minimum Gasteiger partial charge on any atom is -0.463 e. The summed E-state index contributed by atoms with van der Waals surface area (Å²) in [5.41, 5.74) is 0. The lowest BCUT2D eigenvalue weighted by Crippen LogP contribution is -1.98. The molecule has 100 valence electrons. The van der Waals surface area contributed by atoms with Gasteiger partial charge in [0.25, 0.3) is 0 Å². The number of carbonyl (C=O) groups excluding carboxylic acids is 1. The van der Waals surface area contributed by atoms with Crippen molar-refractivity contribution in [3.05, 3.63) is 52.9 Å². The summed E-state index contributed by atoms with van der Waals surface area (Å²) in [5.74, 6) is 0.479. The number of hydrogen-bond acceptors (Lipinski definition) is 4. The van der Waals surface area contributed by atoms with Crippen molar-refractivity contribution in [2.75, 3.05) is 7.11 Å². The molecule has 0 amide bonds. The van der Waals surface area contributed by atoms with Gasteiger partial charge in [0.1, 0.15) is 5.76 Å². The Hall–Kier alpha value is -1.39. The highest BCUT2D eigenvalue weighted by atomic mass is 35.5. The van der Waals surface area contributed by atoms with E-state index in [1.165, 1.54) is 7.11 Å². The summed E-state index contributed by atoms with van der Waals surface area (Å²) in [4.78, 5) is 12.4. The van der Waals surface area contributed by atoms with Gasteiger partial charge in [-0.15, -0.1) is 11.8 Å². The van der Waals surface area contributed by atoms with Crippen molar-refractivity contribution in [1.29, 1.82) is 0 Å². The summed E-state index contributed by atoms with van der Waals surface area (Å²) in [5, 5.41) is 0.781. The average molecular weight is 297 g/mol. The molecule has 0 radical (unpaired) electrons. The third-order valence-electron chi connectivity index (χ3n) is 2.52. The van der Waals surface area contributed by atoms with E-state index in [2.05, 4.69) is 4.74 Å². The molecule has 19 heavy (non-hydrogen) atoms. The van der Waals surface area contributed by atoms with Gasteiger partial charge in [-0.1, -0.05) is 17.7 Å². The predicted octanol–water partition coefficient (Wildman–Crippen LogP) is 4.57. The van der Waals surface area contributed by atoms with Crippen LogP contribution in [0.2, 0.25) is 5.02 Å². The smallest absolute Gasteiger partial charge is 0.373 e. The highest BCUT2D eigenvalue weighted by Crippen LogP contribution is 2.36. The number of halogens is 1. The summed E-state index contributed by atoms with van der Waals surface area (Å²) in [6, 6.07) is 11.0. The molecule has 0 fully saturated rings. The fraction of sp³-hybridized carbons (Fsp3) is 0.214. The van der Waals surface area contributed by atoms with Crippen LogP contribution < -0.4 is 0 Å². The van der Waals surface area contributed by atoms with Crippen LogP contribution in [-0.2, 0) is 4.74 Å². The Kier molecular flexibility index (Phi) is 4.56. The molecule has 2 rings (SSSR count). The Morgan fingerprint density at radius 3 is 2.84 bits per heavy atom. The van der Waals surface area contributed by atoms with E-state index in [1.807, 2.05) is 31.2 Å². The van der Waals surface area contributed by atoms with Gasteiger partial charge in [0.05, 0.1) is 12.4 Å². The lowest BCUT2D eigenvalue weighted by atomic mass is 10.3. The molecule has 0 saturated heterocycles. The lowest BCUT2D eigenvalue weighted by Gasteiger charge is -2.08. The summed E-state index contributed by atoms with van der Waals surface area (Å²) >= 11 is 7.55. The topological polar surface area (TPSA) is 39.4 Å². The first-order valence-corrected chi connectivity index (χ1v) is 6.96. The molecule has 1 aromatic heterocycles. The molecule has 1 aromatic carbocycles. The molecule has 1 unspecified atom stereocenters. The summed E-state index contributed by atoms with van der Waals surface area (Å²) < 4.78 is 10.1. The minimum absolute atomic E-state index is 0.0804. The van der Waals surface area contributed by atoms with Crippen molar-refractivity contribution in [2.45, 2.75) is 17.1 Å². The molecule has 0 N–H and O–H groups in total. The van der Waals surface area contributed by atoms with Crippen molar-refractivity contribution in [3.8, 4) is 0 Å². The van der Waals surface area contributed by atoms with E-state index in [0.717, 1.165) is 10.7 Å². The van der Waals surface area contributed by atoms with Gasteiger partial charge in [0.2, 0.25) is 5.76 Å². The maximum absolute atomic E-state index is 11.3. The van der Waals surface area contributed by atoms with Crippen molar-refractivity contribution in [3.63, 3.8) is 0 Å². The average Bonchev–Trinajstić information content (AvgIpc) is 2.87. The largest absolute Gasteiger partial charge is 0.463 e. The number of ether oxygens (including phenoxy) is 1. The Balaban J connectivity index is 2.09. The fourth-order valence-electron chi connectivity index (χ4n) is 1.58. The van der Waals surface area contributed by atoms with E-state index < -0.39 is 5.97 Å². The van der Waals surface area contributed by atoms with Gasteiger partial charge in [-0.25, -0.2) is 4.79 Å². The van der Waals surface area contributed by atoms with E-state index in [1.54, 1.807) is 23.9 Å². The van der Waals surface area contributed by atoms with Crippen LogP contribution in [0.1, 0.15) is 28.5 Å². The second-order valence-corrected chi connectivity index (χ2v) is 5.76. The number of methoxy groups -OCH3 is 1. The number of benzene rings is 1. The number of hydrogen-bond donors (Lipinski definition) is 0. The normalized spacial score (nSPS) is 12.2. The third-order valence-corrected chi connectivity index (χ3v) is 3.87. The maximum atomic E-state index is 11.3. The zero-order chi connectivity index (χ0) is 13.8. The Morgan fingerprint density at radius 1 is 1.37 bits per heavy atom. The van der Waals surface area contributed by atoms with Gasteiger partial charge < -0.3 is 9.15 Å². The number of furan rings is 1. The molecule has 0 aliphatic carbocycles. The van der Waals surface area contributed by atoms with Crippen LogP contribution in [0.15, 0.2) is 45.7 Å². The number of carbonyl (C=O) groups is 1. The minimum atomic E-state index is -0.466. The Morgan fingerprint density at radius 2 is 2.16 bits per heavy atom. The van der Waals surface area contributed by atoms with E-state index in [4.69, 9.17) is 16.0 Å². The molecular weight excluding hydrogens is 284 g/mol. The highest BCUT2D eigenvalue weighted by molar-refractivity contribution is 7.99. The molecule has 1 atom stereocenters. The van der Waals surface area contributed by atoms with Crippen molar-refractivity contribution in [1.82, 2.24) is 0 Å². The SMILES string of the molecule is COC(=O)c1ccc(C(C)Sc2cccc(Cl)c2)o1. The Bertz CT molecular complexity index is 580. The number of esters is 1. The monoisotopic (exact) mass is 296 g/mol. The molecule has 5 heteroatoms. The van der Waals surface area contributed by atoms with Crippen molar-refractivity contribution < 1.29 is 13.9 Å². The van der Waals surface area contributed by atoms with E-state index >= 15 is 0 Å². The molecule has 0 spiro atoms. The second kappa shape index (κ2) is 6.17. The van der Waals surface area contributed by atoms with E-state index in [9.17, 15) is 4.79 Å². The Labute approximate surface area is 120 Å². The molecule has 0 bridgehead atoms. The standard InChI is InChI=1S/C14H13ClO3S/c1-9(19-11-5-3-4-10(15)8-11)12-6-7-13(18-12)14(16)17-2/h3-9H,1-2H3. The van der Waals surface area contributed by atoms with Gasteiger partial charge >= 0.3 is 5.97 Å². The summed E-state index contributed by atoms with van der Waals surface area (Å²) in [6.45, 7) is 2.01. The molecule has 0 aliphatic rings.